The zero-order chi connectivity index (χ0) is 21.6. The van der Waals surface area contributed by atoms with E-state index in [9.17, 15) is 10.1 Å². The summed E-state index contributed by atoms with van der Waals surface area (Å²) >= 11 is 12.3. The van der Waals surface area contributed by atoms with Crippen LogP contribution in [0.5, 0.6) is 11.5 Å². The van der Waals surface area contributed by atoms with Crippen molar-refractivity contribution in [1.29, 1.82) is 5.26 Å². The van der Waals surface area contributed by atoms with Crippen molar-refractivity contribution in [2.45, 2.75) is 33.3 Å². The van der Waals surface area contributed by atoms with Gasteiger partial charge >= 0.3 is 0 Å². The Morgan fingerprint density at radius 3 is 2.66 bits per heavy atom. The highest BCUT2D eigenvalue weighted by atomic mass is 35.5. The Bertz CT molecular complexity index is 981. The molecule has 0 unspecified atom stereocenters. The number of ether oxygens (including phenoxy) is 2. The lowest BCUT2D eigenvalue weighted by molar-refractivity contribution is -0.112. The Balaban J connectivity index is 2.34. The van der Waals surface area contributed by atoms with Gasteiger partial charge in [-0.25, -0.2) is 0 Å². The van der Waals surface area contributed by atoms with Gasteiger partial charge in [-0.15, -0.1) is 0 Å². The number of amides is 1. The van der Waals surface area contributed by atoms with E-state index in [2.05, 4.69) is 5.32 Å². The van der Waals surface area contributed by atoms with Crippen LogP contribution in [0.3, 0.4) is 0 Å². The zero-order valence-electron chi connectivity index (χ0n) is 16.7. The molecule has 5 nitrogen and oxygen atoms in total. The second-order valence-electron chi connectivity index (χ2n) is 6.45. The number of hydrogen-bond acceptors (Lipinski definition) is 4. The minimum Gasteiger partial charge on any atom is -0.493 e. The van der Waals surface area contributed by atoms with Crippen LogP contribution in [-0.4, -0.2) is 19.1 Å². The van der Waals surface area contributed by atoms with Gasteiger partial charge in [-0.2, -0.15) is 5.26 Å². The predicted molar refractivity (Wildman–Crippen MR) is 117 cm³/mol. The van der Waals surface area contributed by atoms with Crippen LogP contribution >= 0.6 is 23.2 Å². The molecule has 0 aliphatic rings. The molecule has 0 bridgehead atoms. The maximum Gasteiger partial charge on any atom is 0.266 e. The van der Waals surface area contributed by atoms with Crippen LogP contribution in [0.1, 0.15) is 31.4 Å². The summed E-state index contributed by atoms with van der Waals surface area (Å²) in [7, 11) is 1.50. The average molecular weight is 433 g/mol. The fourth-order valence-corrected chi connectivity index (χ4v) is 2.89. The Hall–Kier alpha value is -2.68. The fraction of sp³-hybridized carbons (Fsp3) is 0.273. The number of nitrogens with one attached hydrogen (secondary N) is 1. The van der Waals surface area contributed by atoms with Gasteiger partial charge in [-0.05, 0) is 61.7 Å². The monoisotopic (exact) mass is 432 g/mol. The minimum atomic E-state index is -0.548. The quantitative estimate of drug-likeness (QED) is 0.427. The summed E-state index contributed by atoms with van der Waals surface area (Å²) in [5.41, 5.74) is 1.82. The molecule has 0 saturated heterocycles. The summed E-state index contributed by atoms with van der Waals surface area (Å²) in [6, 6.07) is 10.3. The van der Waals surface area contributed by atoms with Crippen LogP contribution in [0.4, 0.5) is 5.69 Å². The van der Waals surface area contributed by atoms with Crippen molar-refractivity contribution < 1.29 is 14.3 Å². The van der Waals surface area contributed by atoms with E-state index in [1.165, 1.54) is 13.2 Å². The van der Waals surface area contributed by atoms with E-state index >= 15 is 0 Å². The Morgan fingerprint density at radius 2 is 2.03 bits per heavy atom. The number of carbonyl (C=O) groups excluding carboxylic acids is 1. The number of halogens is 2. The average Bonchev–Trinajstić information content (AvgIpc) is 2.70. The van der Waals surface area contributed by atoms with Gasteiger partial charge in [-0.3, -0.25) is 4.79 Å². The molecule has 0 spiro atoms. The number of methoxy groups -OCH3 is 1. The molecule has 0 aliphatic heterocycles. The van der Waals surface area contributed by atoms with Crippen molar-refractivity contribution in [2.75, 3.05) is 12.4 Å². The van der Waals surface area contributed by atoms with Crippen molar-refractivity contribution in [3.05, 3.63) is 57.1 Å². The number of nitrogens with zero attached hydrogens (tertiary/aromatic N) is 1. The highest BCUT2D eigenvalue weighted by molar-refractivity contribution is 6.32. The number of carbonyl (C=O) groups is 1. The molecule has 7 heteroatoms. The summed E-state index contributed by atoms with van der Waals surface area (Å²) in [5, 5.41) is 13.0. The predicted octanol–water partition coefficient (Wildman–Crippen LogP) is 6.03. The van der Waals surface area contributed by atoms with Crippen LogP contribution < -0.4 is 14.8 Å². The number of aryl methyl sites for hydroxylation is 1. The summed E-state index contributed by atoms with van der Waals surface area (Å²) in [6.07, 6.45) is 2.21. The highest BCUT2D eigenvalue weighted by Gasteiger charge is 2.16. The molecule has 0 radical (unpaired) electrons. The smallest absolute Gasteiger partial charge is 0.266 e. The van der Waals surface area contributed by atoms with Crippen molar-refractivity contribution in [3.63, 3.8) is 0 Å². The van der Waals surface area contributed by atoms with E-state index in [0.717, 1.165) is 12.0 Å². The maximum absolute atomic E-state index is 12.6. The van der Waals surface area contributed by atoms with Crippen LogP contribution in [0.15, 0.2) is 35.9 Å². The maximum atomic E-state index is 12.6. The van der Waals surface area contributed by atoms with Gasteiger partial charge in [0.05, 0.1) is 18.2 Å². The van der Waals surface area contributed by atoms with Crippen molar-refractivity contribution in [2.24, 2.45) is 0 Å². The van der Waals surface area contributed by atoms with Crippen molar-refractivity contribution in [3.8, 4) is 17.6 Å². The normalized spacial score (nSPS) is 12.1. The topological polar surface area (TPSA) is 71.3 Å². The molecule has 2 rings (SSSR count). The summed E-state index contributed by atoms with van der Waals surface area (Å²) < 4.78 is 11.2. The van der Waals surface area contributed by atoms with Crippen LogP contribution in [0, 0.1) is 18.3 Å². The van der Waals surface area contributed by atoms with E-state index < -0.39 is 5.91 Å². The van der Waals surface area contributed by atoms with Gasteiger partial charge in [0, 0.05) is 10.7 Å². The van der Waals surface area contributed by atoms with Gasteiger partial charge in [-0.1, -0.05) is 36.2 Å². The molecule has 29 heavy (non-hydrogen) atoms. The Labute approximate surface area is 180 Å². The van der Waals surface area contributed by atoms with Crippen LogP contribution in [0.2, 0.25) is 10.0 Å². The zero-order valence-corrected chi connectivity index (χ0v) is 18.2. The van der Waals surface area contributed by atoms with Gasteiger partial charge in [0.2, 0.25) is 0 Å². The molecule has 152 valence electrons. The van der Waals surface area contributed by atoms with E-state index in [4.69, 9.17) is 32.7 Å². The Kier molecular flexibility index (Phi) is 7.95. The third-order valence-corrected chi connectivity index (χ3v) is 4.79. The molecular weight excluding hydrogens is 411 g/mol. The molecule has 0 heterocycles. The molecular formula is C22H22Cl2N2O3. The molecule has 0 fully saturated rings. The van der Waals surface area contributed by atoms with E-state index in [1.807, 2.05) is 26.8 Å². The minimum absolute atomic E-state index is 0.0378. The second-order valence-corrected chi connectivity index (χ2v) is 7.30. The standard InChI is InChI=1S/C22H22Cl2N2O3/c1-5-14(3)29-21-18(24)9-15(10-20(21)28-4)8-16(12-25)22(27)26-19-11-17(23)7-6-13(19)2/h6-11,14H,5H2,1-4H3,(H,26,27)/b16-8-/t14-/m1/s1. The van der Waals surface area contributed by atoms with Crippen LogP contribution in [-0.2, 0) is 4.79 Å². The number of hydrogen-bond donors (Lipinski definition) is 1. The molecule has 2 aromatic carbocycles. The van der Waals surface area contributed by atoms with Crippen LogP contribution in [0.25, 0.3) is 6.08 Å². The lowest BCUT2D eigenvalue weighted by atomic mass is 10.1. The largest absolute Gasteiger partial charge is 0.493 e. The Morgan fingerprint density at radius 1 is 1.31 bits per heavy atom. The molecule has 1 amide bonds. The highest BCUT2D eigenvalue weighted by Crippen LogP contribution is 2.38. The van der Waals surface area contributed by atoms with Crippen molar-refractivity contribution in [1.82, 2.24) is 0 Å². The molecule has 1 atom stereocenters. The van der Waals surface area contributed by atoms with Gasteiger partial charge in [0.15, 0.2) is 11.5 Å². The first kappa shape index (κ1) is 22.6. The summed E-state index contributed by atoms with van der Waals surface area (Å²) in [5.74, 6) is 0.304. The van der Waals surface area contributed by atoms with E-state index in [0.29, 0.717) is 32.8 Å². The number of anilines is 1. The lowest BCUT2D eigenvalue weighted by Crippen LogP contribution is -2.14. The van der Waals surface area contributed by atoms with E-state index in [-0.39, 0.29) is 11.7 Å². The first-order valence-corrected chi connectivity index (χ1v) is 9.78. The molecule has 0 aromatic heterocycles. The van der Waals surface area contributed by atoms with Gasteiger partial charge in [0.25, 0.3) is 5.91 Å². The number of benzene rings is 2. The first-order chi connectivity index (χ1) is 13.8. The van der Waals surface area contributed by atoms with Crippen molar-refractivity contribution >= 4 is 40.9 Å². The molecule has 0 saturated carbocycles. The molecule has 2 aromatic rings. The summed E-state index contributed by atoms with van der Waals surface area (Å²) in [6.45, 7) is 5.77. The molecule has 0 aliphatic carbocycles. The number of nitriles is 1. The van der Waals surface area contributed by atoms with Gasteiger partial charge in [0.1, 0.15) is 11.6 Å². The third kappa shape index (κ3) is 5.90. The summed E-state index contributed by atoms with van der Waals surface area (Å²) in [4.78, 5) is 12.6. The lowest BCUT2D eigenvalue weighted by Gasteiger charge is -2.17. The van der Waals surface area contributed by atoms with Gasteiger partial charge < -0.3 is 14.8 Å². The second kappa shape index (κ2) is 10.2. The molecule has 1 N–H and O–H groups in total. The number of rotatable bonds is 7. The third-order valence-electron chi connectivity index (χ3n) is 4.27. The fourth-order valence-electron chi connectivity index (χ4n) is 2.46. The van der Waals surface area contributed by atoms with E-state index in [1.54, 1.807) is 30.3 Å². The SMILES string of the molecule is CC[C@@H](C)Oc1c(Cl)cc(/C=C(/C#N)C(=O)Nc2cc(Cl)ccc2C)cc1OC. The first-order valence-electron chi connectivity index (χ1n) is 9.02.